The molecule has 0 aromatic carbocycles. The molecule has 0 aromatic rings. The van der Waals surface area contributed by atoms with Gasteiger partial charge < -0.3 is 10.4 Å². The van der Waals surface area contributed by atoms with Gasteiger partial charge in [0.25, 0.3) is 0 Å². The fraction of sp³-hybridized carbons (Fsp3) is 0.917. The average molecular weight is 228 g/mol. The van der Waals surface area contributed by atoms with Gasteiger partial charge in [0.2, 0.25) is 5.91 Å². The largest absolute Gasteiger partial charge is 0.394 e. The fourth-order valence-electron chi connectivity index (χ4n) is 1.98. The van der Waals surface area contributed by atoms with Crippen LogP contribution < -0.4 is 5.32 Å². The Hall–Kier alpha value is -0.610. The first-order valence-corrected chi connectivity index (χ1v) is 6.20. The first-order chi connectivity index (χ1) is 7.54. The Morgan fingerprint density at radius 2 is 2.25 bits per heavy atom. The van der Waals surface area contributed by atoms with Gasteiger partial charge in [-0.05, 0) is 32.2 Å². The molecular weight excluding hydrogens is 204 g/mol. The van der Waals surface area contributed by atoms with E-state index in [1.165, 1.54) is 0 Å². The molecule has 0 saturated carbocycles. The number of aliphatic hydroxyl groups excluding tert-OH is 1. The molecule has 0 bridgehead atoms. The highest BCUT2D eigenvalue weighted by Gasteiger charge is 2.29. The van der Waals surface area contributed by atoms with Gasteiger partial charge in [-0.3, -0.25) is 9.69 Å². The molecule has 0 spiro atoms. The standard InChI is InChI=1S/C12H24N2O2/c1-9(2)4-6-14-7-5-10(3)13-12(16)11(14)8-15/h9-11,15H,4-8H2,1-3H3,(H,13,16). The number of amides is 1. The van der Waals surface area contributed by atoms with Crippen LogP contribution >= 0.6 is 0 Å². The van der Waals surface area contributed by atoms with Gasteiger partial charge in [0, 0.05) is 12.6 Å². The van der Waals surface area contributed by atoms with Crippen molar-refractivity contribution in [1.82, 2.24) is 10.2 Å². The molecule has 1 amide bonds. The van der Waals surface area contributed by atoms with Crippen LogP contribution in [0, 0.1) is 5.92 Å². The number of carbonyl (C=O) groups is 1. The third-order valence-electron chi connectivity index (χ3n) is 3.15. The zero-order valence-electron chi connectivity index (χ0n) is 10.6. The van der Waals surface area contributed by atoms with Crippen LogP contribution in [0.4, 0.5) is 0 Å². The topological polar surface area (TPSA) is 52.6 Å². The van der Waals surface area contributed by atoms with Gasteiger partial charge in [0.05, 0.1) is 6.61 Å². The number of carbonyl (C=O) groups excluding carboxylic acids is 1. The lowest BCUT2D eigenvalue weighted by atomic mass is 10.1. The van der Waals surface area contributed by atoms with E-state index in [1.807, 2.05) is 6.92 Å². The van der Waals surface area contributed by atoms with Gasteiger partial charge in [-0.25, -0.2) is 0 Å². The smallest absolute Gasteiger partial charge is 0.239 e. The van der Waals surface area contributed by atoms with Gasteiger partial charge in [0.1, 0.15) is 6.04 Å². The van der Waals surface area contributed by atoms with Crippen LogP contribution in [0.25, 0.3) is 0 Å². The maximum absolute atomic E-state index is 11.8. The van der Waals surface area contributed by atoms with Crippen molar-refractivity contribution in [2.75, 3.05) is 19.7 Å². The number of hydrogen-bond acceptors (Lipinski definition) is 3. The number of aliphatic hydroxyl groups is 1. The SMILES string of the molecule is CC(C)CCN1CCC(C)NC(=O)C1CO. The van der Waals surface area contributed by atoms with Crippen LogP contribution in [0.3, 0.4) is 0 Å². The Morgan fingerprint density at radius 1 is 1.56 bits per heavy atom. The lowest BCUT2D eigenvalue weighted by molar-refractivity contribution is -0.127. The Labute approximate surface area is 98.0 Å². The summed E-state index contributed by atoms with van der Waals surface area (Å²) in [5, 5.41) is 12.2. The Kier molecular flexibility index (Phi) is 5.22. The summed E-state index contributed by atoms with van der Waals surface area (Å²) >= 11 is 0. The molecular formula is C12H24N2O2. The van der Waals surface area contributed by atoms with Crippen LogP contribution in [0.2, 0.25) is 0 Å². The molecule has 2 atom stereocenters. The predicted octanol–water partition coefficient (Wildman–Crippen LogP) is 0.604. The molecule has 0 radical (unpaired) electrons. The summed E-state index contributed by atoms with van der Waals surface area (Å²) in [5.74, 6) is 0.597. The lowest BCUT2D eigenvalue weighted by Crippen LogP contribution is -2.47. The summed E-state index contributed by atoms with van der Waals surface area (Å²) in [4.78, 5) is 13.9. The molecule has 94 valence electrons. The van der Waals surface area contributed by atoms with Crippen molar-refractivity contribution in [3.63, 3.8) is 0 Å². The average Bonchev–Trinajstić information content (AvgIpc) is 2.34. The van der Waals surface area contributed by atoms with Crippen LogP contribution in [0.5, 0.6) is 0 Å². The fourth-order valence-corrected chi connectivity index (χ4v) is 1.98. The van der Waals surface area contributed by atoms with E-state index < -0.39 is 0 Å². The van der Waals surface area contributed by atoms with Crippen molar-refractivity contribution < 1.29 is 9.90 Å². The molecule has 16 heavy (non-hydrogen) atoms. The van der Waals surface area contributed by atoms with E-state index in [-0.39, 0.29) is 24.6 Å². The van der Waals surface area contributed by atoms with Crippen molar-refractivity contribution in [2.24, 2.45) is 5.92 Å². The summed E-state index contributed by atoms with van der Waals surface area (Å²) in [7, 11) is 0. The molecule has 1 fully saturated rings. The Bertz CT molecular complexity index is 231. The summed E-state index contributed by atoms with van der Waals surface area (Å²) in [5.41, 5.74) is 0. The minimum Gasteiger partial charge on any atom is -0.394 e. The molecule has 2 unspecified atom stereocenters. The van der Waals surface area contributed by atoms with Crippen LogP contribution in [-0.4, -0.2) is 47.7 Å². The highest BCUT2D eigenvalue weighted by Crippen LogP contribution is 2.11. The Balaban J connectivity index is 2.60. The van der Waals surface area contributed by atoms with Crippen molar-refractivity contribution in [3.05, 3.63) is 0 Å². The maximum atomic E-state index is 11.8. The molecule has 4 nitrogen and oxygen atoms in total. The van der Waals surface area contributed by atoms with Gasteiger partial charge in [-0.1, -0.05) is 13.8 Å². The minimum absolute atomic E-state index is 0.0312. The zero-order valence-corrected chi connectivity index (χ0v) is 10.6. The van der Waals surface area contributed by atoms with Crippen molar-refractivity contribution >= 4 is 5.91 Å². The van der Waals surface area contributed by atoms with Gasteiger partial charge in [-0.15, -0.1) is 0 Å². The predicted molar refractivity (Wildman–Crippen MR) is 64.1 cm³/mol. The molecule has 0 aromatic heterocycles. The van der Waals surface area contributed by atoms with E-state index in [9.17, 15) is 9.90 Å². The second kappa shape index (κ2) is 6.21. The Morgan fingerprint density at radius 3 is 2.81 bits per heavy atom. The monoisotopic (exact) mass is 228 g/mol. The van der Waals surface area contributed by atoms with Gasteiger partial charge in [-0.2, -0.15) is 0 Å². The van der Waals surface area contributed by atoms with Crippen molar-refractivity contribution in [1.29, 1.82) is 0 Å². The van der Waals surface area contributed by atoms with Gasteiger partial charge >= 0.3 is 0 Å². The molecule has 1 saturated heterocycles. The summed E-state index contributed by atoms with van der Waals surface area (Å²) in [6.45, 7) is 8.05. The molecule has 0 aliphatic carbocycles. The number of rotatable bonds is 4. The van der Waals surface area contributed by atoms with E-state index in [2.05, 4.69) is 24.1 Å². The molecule has 1 aliphatic heterocycles. The number of hydrogen-bond donors (Lipinski definition) is 2. The number of nitrogens with zero attached hydrogens (tertiary/aromatic N) is 1. The third kappa shape index (κ3) is 3.76. The third-order valence-corrected chi connectivity index (χ3v) is 3.15. The van der Waals surface area contributed by atoms with Crippen molar-refractivity contribution in [3.8, 4) is 0 Å². The van der Waals surface area contributed by atoms with Gasteiger partial charge in [0.15, 0.2) is 0 Å². The van der Waals surface area contributed by atoms with Crippen LogP contribution in [-0.2, 0) is 4.79 Å². The van der Waals surface area contributed by atoms with E-state index in [4.69, 9.17) is 0 Å². The second-order valence-corrected chi connectivity index (χ2v) is 5.12. The minimum atomic E-state index is -0.358. The van der Waals surface area contributed by atoms with E-state index in [0.29, 0.717) is 5.92 Å². The summed E-state index contributed by atoms with van der Waals surface area (Å²) in [6, 6.07) is -0.144. The van der Waals surface area contributed by atoms with Crippen LogP contribution in [0.15, 0.2) is 0 Å². The number of nitrogens with one attached hydrogen (secondary N) is 1. The second-order valence-electron chi connectivity index (χ2n) is 5.12. The maximum Gasteiger partial charge on any atom is 0.239 e. The van der Waals surface area contributed by atoms with Crippen LogP contribution in [0.1, 0.15) is 33.6 Å². The summed E-state index contributed by atoms with van der Waals surface area (Å²) in [6.07, 6.45) is 2.03. The first-order valence-electron chi connectivity index (χ1n) is 6.20. The van der Waals surface area contributed by atoms with Crippen molar-refractivity contribution in [2.45, 2.75) is 45.7 Å². The normalized spacial score (nSPS) is 27.9. The lowest BCUT2D eigenvalue weighted by Gasteiger charge is -2.27. The highest BCUT2D eigenvalue weighted by atomic mass is 16.3. The summed E-state index contributed by atoms with van der Waals surface area (Å²) < 4.78 is 0. The first kappa shape index (κ1) is 13.5. The van der Waals surface area contributed by atoms with E-state index in [1.54, 1.807) is 0 Å². The molecule has 1 rings (SSSR count). The molecule has 1 heterocycles. The molecule has 4 heteroatoms. The van der Waals surface area contributed by atoms with E-state index >= 15 is 0 Å². The molecule has 1 aliphatic rings. The zero-order chi connectivity index (χ0) is 12.1. The molecule has 2 N–H and O–H groups in total. The quantitative estimate of drug-likeness (QED) is 0.741. The van der Waals surface area contributed by atoms with E-state index in [0.717, 1.165) is 25.9 Å². The highest BCUT2D eigenvalue weighted by molar-refractivity contribution is 5.82.